The number of allylic oxidation sites excluding steroid dienone is 1. The van der Waals surface area contributed by atoms with Gasteiger partial charge in [0.15, 0.2) is 0 Å². The highest BCUT2D eigenvalue weighted by molar-refractivity contribution is 6.33. The van der Waals surface area contributed by atoms with Crippen molar-refractivity contribution in [2.75, 3.05) is 10.6 Å². The van der Waals surface area contributed by atoms with Crippen molar-refractivity contribution in [1.82, 2.24) is 0 Å². The second-order valence-electron chi connectivity index (χ2n) is 6.42. The van der Waals surface area contributed by atoms with Gasteiger partial charge in [0.1, 0.15) is 0 Å². The number of anilines is 2. The number of rotatable bonds is 4. The first-order valence-electron chi connectivity index (χ1n) is 8.57. The number of carboxylic acids is 1. The largest absolute Gasteiger partial charge is 0.481 e. The van der Waals surface area contributed by atoms with E-state index in [4.69, 9.17) is 5.11 Å². The van der Waals surface area contributed by atoms with E-state index in [1.807, 2.05) is 54.6 Å². The molecular formula is C21H18N2O3. The summed E-state index contributed by atoms with van der Waals surface area (Å²) in [5, 5.41) is 15.0. The third-order valence-corrected chi connectivity index (χ3v) is 4.61. The molecule has 0 saturated heterocycles. The number of carbonyl (C=O) groups excluding carboxylic acids is 1. The van der Waals surface area contributed by atoms with Crippen LogP contribution >= 0.6 is 0 Å². The zero-order valence-electron chi connectivity index (χ0n) is 14.1. The molecule has 2 aliphatic heterocycles. The molecule has 0 fully saturated rings. The number of aliphatic carboxylic acids is 1. The molecule has 0 unspecified atom stereocenters. The van der Waals surface area contributed by atoms with E-state index in [1.54, 1.807) is 0 Å². The summed E-state index contributed by atoms with van der Waals surface area (Å²) >= 11 is 0. The monoisotopic (exact) mass is 346 g/mol. The number of aryl methyl sites for hydroxylation is 1. The lowest BCUT2D eigenvalue weighted by molar-refractivity contribution is -0.137. The fourth-order valence-corrected chi connectivity index (χ4v) is 3.34. The van der Waals surface area contributed by atoms with Gasteiger partial charge in [-0.15, -0.1) is 0 Å². The van der Waals surface area contributed by atoms with Crippen LogP contribution in [0.25, 0.3) is 11.6 Å². The second-order valence-corrected chi connectivity index (χ2v) is 6.42. The molecule has 2 aromatic carbocycles. The lowest BCUT2D eigenvalue weighted by Crippen LogP contribution is -2.11. The van der Waals surface area contributed by atoms with Crippen molar-refractivity contribution in [3.8, 4) is 0 Å². The maximum absolute atomic E-state index is 12.5. The van der Waals surface area contributed by atoms with Gasteiger partial charge >= 0.3 is 5.97 Å². The number of carbonyl (C=O) groups is 2. The molecule has 0 bridgehead atoms. The number of nitrogens with one attached hydrogen (secondary N) is 2. The van der Waals surface area contributed by atoms with Crippen molar-refractivity contribution in [3.05, 3.63) is 70.9 Å². The molecule has 5 nitrogen and oxygen atoms in total. The highest BCUT2D eigenvalue weighted by Gasteiger charge is 2.28. The van der Waals surface area contributed by atoms with Crippen LogP contribution in [-0.4, -0.2) is 17.0 Å². The molecule has 5 heteroatoms. The number of hydrogen-bond donors (Lipinski definition) is 3. The van der Waals surface area contributed by atoms with Crippen LogP contribution < -0.4 is 10.6 Å². The van der Waals surface area contributed by atoms with Gasteiger partial charge in [0.05, 0.1) is 11.3 Å². The van der Waals surface area contributed by atoms with Gasteiger partial charge in [0.2, 0.25) is 0 Å². The summed E-state index contributed by atoms with van der Waals surface area (Å²) in [6, 6.07) is 13.7. The van der Waals surface area contributed by atoms with E-state index in [1.165, 1.54) is 0 Å². The molecule has 0 aromatic heterocycles. The summed E-state index contributed by atoms with van der Waals surface area (Å²) in [4.78, 5) is 23.2. The molecule has 2 aromatic rings. The minimum Gasteiger partial charge on any atom is -0.481 e. The Kier molecular flexibility index (Phi) is 4.05. The Bertz CT molecular complexity index is 973. The highest BCUT2D eigenvalue weighted by Crippen LogP contribution is 2.37. The normalized spacial score (nSPS) is 17.3. The van der Waals surface area contributed by atoms with Crippen LogP contribution in [0.15, 0.2) is 54.2 Å². The Morgan fingerprint density at radius 2 is 1.85 bits per heavy atom. The second kappa shape index (κ2) is 6.52. The third-order valence-electron chi connectivity index (χ3n) is 4.61. The van der Waals surface area contributed by atoms with Gasteiger partial charge in [-0.05, 0) is 48.2 Å². The maximum atomic E-state index is 12.5. The van der Waals surface area contributed by atoms with Gasteiger partial charge in [0, 0.05) is 23.4 Å². The number of benzene rings is 2. The summed E-state index contributed by atoms with van der Waals surface area (Å²) in [7, 11) is 0. The third kappa shape index (κ3) is 2.99. The first kappa shape index (κ1) is 16.1. The van der Waals surface area contributed by atoms with Gasteiger partial charge in [-0.3, -0.25) is 9.59 Å². The van der Waals surface area contributed by atoms with E-state index in [0.29, 0.717) is 18.4 Å². The quantitative estimate of drug-likeness (QED) is 0.734. The first-order valence-corrected chi connectivity index (χ1v) is 8.57. The number of fused-ring (bicyclic) bond motifs is 2. The molecule has 1 amide bonds. The summed E-state index contributed by atoms with van der Waals surface area (Å²) in [6.45, 7) is 0. The average Bonchev–Trinajstić information content (AvgIpc) is 2.96. The Morgan fingerprint density at radius 3 is 2.69 bits per heavy atom. The van der Waals surface area contributed by atoms with E-state index in [2.05, 4.69) is 10.6 Å². The van der Waals surface area contributed by atoms with Crippen molar-refractivity contribution >= 4 is 34.9 Å². The molecule has 4 rings (SSSR count). The fourth-order valence-electron chi connectivity index (χ4n) is 3.34. The molecule has 0 spiro atoms. The number of amides is 1. The molecule has 0 radical (unpaired) electrons. The summed E-state index contributed by atoms with van der Waals surface area (Å²) in [6.07, 6.45) is 5.30. The molecule has 2 aliphatic rings. The van der Waals surface area contributed by atoms with E-state index in [9.17, 15) is 9.59 Å². The predicted molar refractivity (Wildman–Crippen MR) is 102 cm³/mol. The van der Waals surface area contributed by atoms with Gasteiger partial charge in [0.25, 0.3) is 5.91 Å². The summed E-state index contributed by atoms with van der Waals surface area (Å²) in [5.41, 5.74) is 6.10. The highest BCUT2D eigenvalue weighted by atomic mass is 16.4. The van der Waals surface area contributed by atoms with E-state index in [-0.39, 0.29) is 12.3 Å². The summed E-state index contributed by atoms with van der Waals surface area (Å²) in [5.74, 6) is -0.921. The molecular weight excluding hydrogens is 328 g/mol. The molecule has 0 saturated carbocycles. The Morgan fingerprint density at radius 1 is 1.00 bits per heavy atom. The predicted octanol–water partition coefficient (Wildman–Crippen LogP) is 3.90. The smallest absolute Gasteiger partial charge is 0.303 e. The fraction of sp³-hybridized carbons (Fsp3) is 0.143. The Balaban J connectivity index is 1.68. The lowest BCUT2D eigenvalue weighted by atomic mass is 9.98. The van der Waals surface area contributed by atoms with Crippen LogP contribution in [0.1, 0.15) is 29.5 Å². The van der Waals surface area contributed by atoms with Gasteiger partial charge in [-0.2, -0.15) is 0 Å². The minimum absolute atomic E-state index is 0.130. The van der Waals surface area contributed by atoms with Crippen LogP contribution in [0.5, 0.6) is 0 Å². The minimum atomic E-state index is -0.791. The molecule has 130 valence electrons. The van der Waals surface area contributed by atoms with Crippen LogP contribution in [0.3, 0.4) is 0 Å². The van der Waals surface area contributed by atoms with Crippen molar-refractivity contribution in [2.24, 2.45) is 0 Å². The summed E-state index contributed by atoms with van der Waals surface area (Å²) < 4.78 is 0. The molecule has 0 atom stereocenters. The first-order chi connectivity index (χ1) is 12.6. The zero-order chi connectivity index (χ0) is 18.1. The average molecular weight is 346 g/mol. The maximum Gasteiger partial charge on any atom is 0.303 e. The van der Waals surface area contributed by atoms with Crippen molar-refractivity contribution in [1.29, 1.82) is 0 Å². The van der Waals surface area contributed by atoms with Crippen molar-refractivity contribution in [2.45, 2.75) is 19.3 Å². The molecule has 3 N–H and O–H groups in total. The van der Waals surface area contributed by atoms with Gasteiger partial charge in [-0.1, -0.05) is 30.3 Å². The van der Waals surface area contributed by atoms with Crippen molar-refractivity contribution in [3.63, 3.8) is 0 Å². The Labute approximate surface area is 151 Å². The number of para-hydroxylation sites is 1. The van der Waals surface area contributed by atoms with Crippen LogP contribution in [0.4, 0.5) is 11.4 Å². The van der Waals surface area contributed by atoms with E-state index >= 15 is 0 Å². The van der Waals surface area contributed by atoms with Crippen LogP contribution in [0, 0.1) is 0 Å². The number of hydrogen-bond acceptors (Lipinski definition) is 3. The molecule has 0 aliphatic carbocycles. The van der Waals surface area contributed by atoms with E-state index in [0.717, 1.165) is 33.8 Å². The SMILES string of the molecule is O=C(O)CCCc1ccc2c(c1)C(=C1C=Cc3ccccc3N1)C(=O)N2. The van der Waals surface area contributed by atoms with Gasteiger partial charge < -0.3 is 15.7 Å². The standard InChI is InChI=1S/C21H18N2O3/c24-19(25)7-3-4-13-8-10-17-15(12-13)20(21(26)23-17)18-11-9-14-5-1-2-6-16(14)22-18/h1-2,5-6,8-12,22H,3-4,7H2,(H,23,26)(H,24,25). The Hall–Kier alpha value is -3.34. The molecule has 2 heterocycles. The van der Waals surface area contributed by atoms with Crippen molar-refractivity contribution < 1.29 is 14.7 Å². The topological polar surface area (TPSA) is 78.4 Å². The van der Waals surface area contributed by atoms with E-state index < -0.39 is 5.97 Å². The van der Waals surface area contributed by atoms with Gasteiger partial charge in [-0.25, -0.2) is 0 Å². The zero-order valence-corrected chi connectivity index (χ0v) is 14.1. The number of carboxylic acid groups (broad SMARTS) is 1. The lowest BCUT2D eigenvalue weighted by Gasteiger charge is -2.17. The van der Waals surface area contributed by atoms with Crippen LogP contribution in [0.2, 0.25) is 0 Å². The molecule has 26 heavy (non-hydrogen) atoms. The van der Waals surface area contributed by atoms with Crippen LogP contribution in [-0.2, 0) is 16.0 Å².